The van der Waals surface area contributed by atoms with Crippen molar-refractivity contribution in [3.8, 4) is 16.2 Å². The SMILES string of the molecule is COC(=O)Cc1ccc(-c2ccc(O)cc2)s1. The van der Waals surface area contributed by atoms with E-state index in [1.807, 2.05) is 24.3 Å². The summed E-state index contributed by atoms with van der Waals surface area (Å²) in [7, 11) is 1.39. The van der Waals surface area contributed by atoms with Gasteiger partial charge in [0.1, 0.15) is 5.75 Å². The summed E-state index contributed by atoms with van der Waals surface area (Å²) in [6, 6.07) is 10.9. The van der Waals surface area contributed by atoms with Gasteiger partial charge in [-0.3, -0.25) is 4.79 Å². The second-order valence-electron chi connectivity index (χ2n) is 3.57. The number of rotatable bonds is 3. The summed E-state index contributed by atoms with van der Waals surface area (Å²) in [5.74, 6) is 0.0178. The number of thiophene rings is 1. The topological polar surface area (TPSA) is 46.5 Å². The van der Waals surface area contributed by atoms with Gasteiger partial charge in [0.15, 0.2) is 0 Å². The van der Waals surface area contributed by atoms with Gasteiger partial charge in [-0.2, -0.15) is 0 Å². The first-order chi connectivity index (χ1) is 8.19. The zero-order valence-corrected chi connectivity index (χ0v) is 10.2. The number of carbonyl (C=O) groups is 1. The highest BCUT2D eigenvalue weighted by atomic mass is 32.1. The van der Waals surface area contributed by atoms with Gasteiger partial charge in [-0.25, -0.2) is 0 Å². The summed E-state index contributed by atoms with van der Waals surface area (Å²) in [6.45, 7) is 0. The first kappa shape index (κ1) is 11.7. The third-order valence-electron chi connectivity index (χ3n) is 2.36. The van der Waals surface area contributed by atoms with E-state index in [1.165, 1.54) is 7.11 Å². The molecule has 0 atom stereocenters. The number of hydrogen-bond donors (Lipinski definition) is 1. The predicted molar refractivity (Wildman–Crippen MR) is 67.1 cm³/mol. The van der Waals surface area contributed by atoms with Crippen molar-refractivity contribution in [3.05, 3.63) is 41.3 Å². The number of methoxy groups -OCH3 is 1. The van der Waals surface area contributed by atoms with E-state index in [1.54, 1.807) is 23.5 Å². The maximum Gasteiger partial charge on any atom is 0.310 e. The Morgan fingerprint density at radius 2 is 1.94 bits per heavy atom. The molecule has 0 aliphatic carbocycles. The molecule has 1 aromatic carbocycles. The lowest BCUT2D eigenvalue weighted by molar-refractivity contribution is -0.139. The first-order valence-corrected chi connectivity index (χ1v) is 5.95. The summed E-state index contributed by atoms with van der Waals surface area (Å²) >= 11 is 1.55. The summed E-state index contributed by atoms with van der Waals surface area (Å²) in [5.41, 5.74) is 1.03. The molecule has 0 radical (unpaired) electrons. The Morgan fingerprint density at radius 1 is 1.24 bits per heavy atom. The van der Waals surface area contributed by atoms with Crippen LogP contribution in [0.1, 0.15) is 4.88 Å². The highest BCUT2D eigenvalue weighted by Gasteiger charge is 2.07. The highest BCUT2D eigenvalue weighted by molar-refractivity contribution is 7.15. The first-order valence-electron chi connectivity index (χ1n) is 5.14. The van der Waals surface area contributed by atoms with Crippen LogP contribution in [0.4, 0.5) is 0 Å². The number of phenols is 1. The summed E-state index contributed by atoms with van der Waals surface area (Å²) in [5, 5.41) is 9.20. The van der Waals surface area contributed by atoms with Gasteiger partial charge in [-0.1, -0.05) is 0 Å². The van der Waals surface area contributed by atoms with E-state index in [9.17, 15) is 9.90 Å². The number of aromatic hydroxyl groups is 1. The van der Waals surface area contributed by atoms with Crippen molar-refractivity contribution in [1.82, 2.24) is 0 Å². The summed E-state index contributed by atoms with van der Waals surface area (Å²) in [6.07, 6.45) is 0.305. The minimum absolute atomic E-state index is 0.232. The molecule has 2 aromatic rings. The number of hydrogen-bond acceptors (Lipinski definition) is 4. The van der Waals surface area contributed by atoms with E-state index in [4.69, 9.17) is 0 Å². The second-order valence-corrected chi connectivity index (χ2v) is 4.73. The van der Waals surface area contributed by atoms with Crippen LogP contribution in [0.15, 0.2) is 36.4 Å². The molecular weight excluding hydrogens is 236 g/mol. The van der Waals surface area contributed by atoms with Crippen molar-refractivity contribution >= 4 is 17.3 Å². The van der Waals surface area contributed by atoms with E-state index in [0.717, 1.165) is 15.3 Å². The third-order valence-corrected chi connectivity index (χ3v) is 3.49. The Labute approximate surface area is 103 Å². The molecule has 0 fully saturated rings. The highest BCUT2D eigenvalue weighted by Crippen LogP contribution is 2.29. The summed E-state index contributed by atoms with van der Waals surface area (Å²) < 4.78 is 4.62. The standard InChI is InChI=1S/C13H12O3S/c1-16-13(15)8-11-6-7-12(17-11)9-2-4-10(14)5-3-9/h2-7,14H,8H2,1H3. The van der Waals surface area contributed by atoms with Gasteiger partial charge in [-0.05, 0) is 42.0 Å². The molecule has 17 heavy (non-hydrogen) atoms. The Hall–Kier alpha value is -1.81. The quantitative estimate of drug-likeness (QED) is 0.850. The fraction of sp³-hybridized carbons (Fsp3) is 0.154. The summed E-state index contributed by atoms with van der Waals surface area (Å²) in [4.78, 5) is 13.2. The number of benzene rings is 1. The number of phenolic OH excluding ortho intramolecular Hbond substituents is 1. The zero-order chi connectivity index (χ0) is 12.3. The van der Waals surface area contributed by atoms with E-state index < -0.39 is 0 Å². The molecule has 0 bridgehead atoms. The van der Waals surface area contributed by atoms with Crippen LogP contribution in [-0.2, 0) is 16.0 Å². The molecule has 3 nitrogen and oxygen atoms in total. The molecule has 0 amide bonds. The van der Waals surface area contributed by atoms with Gasteiger partial charge in [0.05, 0.1) is 13.5 Å². The molecule has 1 heterocycles. The minimum atomic E-state index is -0.232. The average molecular weight is 248 g/mol. The van der Waals surface area contributed by atoms with Crippen molar-refractivity contribution in [2.24, 2.45) is 0 Å². The van der Waals surface area contributed by atoms with Gasteiger partial charge >= 0.3 is 5.97 Å². The van der Waals surface area contributed by atoms with Crippen LogP contribution in [0.25, 0.3) is 10.4 Å². The maximum atomic E-state index is 11.1. The van der Waals surface area contributed by atoms with Crippen LogP contribution in [0.3, 0.4) is 0 Å². The van der Waals surface area contributed by atoms with Crippen molar-refractivity contribution in [3.63, 3.8) is 0 Å². The van der Waals surface area contributed by atoms with E-state index in [0.29, 0.717) is 6.42 Å². The molecule has 1 aromatic heterocycles. The third kappa shape index (κ3) is 2.85. The molecule has 0 aliphatic rings. The molecular formula is C13H12O3S. The van der Waals surface area contributed by atoms with Crippen LogP contribution < -0.4 is 0 Å². The Bertz CT molecular complexity index is 514. The van der Waals surface area contributed by atoms with Gasteiger partial charge in [0, 0.05) is 9.75 Å². The lowest BCUT2D eigenvalue weighted by Gasteiger charge is -1.97. The lowest BCUT2D eigenvalue weighted by atomic mass is 10.2. The van der Waals surface area contributed by atoms with Crippen LogP contribution in [0.2, 0.25) is 0 Å². The number of ether oxygens (including phenoxy) is 1. The van der Waals surface area contributed by atoms with Crippen LogP contribution in [0.5, 0.6) is 5.75 Å². The molecule has 4 heteroatoms. The van der Waals surface area contributed by atoms with E-state index >= 15 is 0 Å². The maximum absolute atomic E-state index is 11.1. The normalized spacial score (nSPS) is 10.2. The minimum Gasteiger partial charge on any atom is -0.508 e. The monoisotopic (exact) mass is 248 g/mol. The van der Waals surface area contributed by atoms with Crippen molar-refractivity contribution in [1.29, 1.82) is 0 Å². The van der Waals surface area contributed by atoms with Crippen LogP contribution in [-0.4, -0.2) is 18.2 Å². The van der Waals surface area contributed by atoms with Gasteiger partial charge in [-0.15, -0.1) is 11.3 Å². The molecule has 0 saturated heterocycles. The molecule has 0 saturated carbocycles. The molecule has 88 valence electrons. The second kappa shape index (κ2) is 5.01. The molecule has 0 unspecified atom stereocenters. The zero-order valence-electron chi connectivity index (χ0n) is 9.34. The molecule has 2 rings (SSSR count). The van der Waals surface area contributed by atoms with Gasteiger partial charge < -0.3 is 9.84 Å². The van der Waals surface area contributed by atoms with Crippen molar-refractivity contribution in [2.45, 2.75) is 6.42 Å². The Balaban J connectivity index is 2.18. The number of carbonyl (C=O) groups excluding carboxylic acids is 1. The molecule has 0 spiro atoms. The average Bonchev–Trinajstić information content (AvgIpc) is 2.78. The fourth-order valence-electron chi connectivity index (χ4n) is 1.47. The van der Waals surface area contributed by atoms with Crippen LogP contribution in [0, 0.1) is 0 Å². The Morgan fingerprint density at radius 3 is 2.59 bits per heavy atom. The Kier molecular flexibility index (Phi) is 3.44. The number of esters is 1. The van der Waals surface area contributed by atoms with Crippen LogP contribution >= 0.6 is 11.3 Å². The van der Waals surface area contributed by atoms with Crippen molar-refractivity contribution in [2.75, 3.05) is 7.11 Å². The smallest absolute Gasteiger partial charge is 0.310 e. The lowest BCUT2D eigenvalue weighted by Crippen LogP contribution is -2.02. The predicted octanol–water partition coefficient (Wildman–Crippen LogP) is 2.84. The largest absolute Gasteiger partial charge is 0.508 e. The van der Waals surface area contributed by atoms with Gasteiger partial charge in [0.25, 0.3) is 0 Å². The fourth-order valence-corrected chi connectivity index (χ4v) is 2.47. The van der Waals surface area contributed by atoms with Crippen molar-refractivity contribution < 1.29 is 14.6 Å². The van der Waals surface area contributed by atoms with Gasteiger partial charge in [0.2, 0.25) is 0 Å². The van der Waals surface area contributed by atoms with E-state index in [-0.39, 0.29) is 11.7 Å². The molecule has 0 aliphatic heterocycles. The molecule has 1 N–H and O–H groups in total. The van der Waals surface area contributed by atoms with E-state index in [2.05, 4.69) is 4.74 Å².